The molecule has 2 rings (SSSR count). The molecule has 0 amide bonds. The van der Waals surface area contributed by atoms with Crippen LogP contribution in [0.1, 0.15) is 29.6 Å². The van der Waals surface area contributed by atoms with E-state index in [1.165, 1.54) is 24.3 Å². The summed E-state index contributed by atoms with van der Waals surface area (Å²) in [5, 5.41) is 0. The molecule has 1 fully saturated rings. The molecule has 1 nitrogen and oxygen atoms in total. The van der Waals surface area contributed by atoms with E-state index in [1.54, 1.807) is 0 Å². The molecule has 0 bridgehead atoms. The van der Waals surface area contributed by atoms with Crippen LogP contribution in [0.2, 0.25) is 0 Å². The number of halogens is 3. The van der Waals surface area contributed by atoms with Crippen LogP contribution in [0.5, 0.6) is 0 Å². The summed E-state index contributed by atoms with van der Waals surface area (Å²) in [6.45, 7) is 0. The molecule has 1 saturated carbocycles. The van der Waals surface area contributed by atoms with Gasteiger partial charge < -0.3 is 0 Å². The molecule has 0 spiro atoms. The molecule has 0 N–H and O–H groups in total. The van der Waals surface area contributed by atoms with Crippen molar-refractivity contribution >= 4 is 17.5 Å². The van der Waals surface area contributed by atoms with Gasteiger partial charge in [-0.1, -0.05) is 18.6 Å². The van der Waals surface area contributed by atoms with Gasteiger partial charge in [-0.3, -0.25) is 4.79 Å². The largest absolute Gasteiger partial charge is 0.446 e. The van der Waals surface area contributed by atoms with Crippen molar-refractivity contribution in [3.05, 3.63) is 29.8 Å². The number of carbonyl (C=O) groups is 1. The molecule has 92 valence electrons. The maximum absolute atomic E-state index is 12.1. The minimum atomic E-state index is -4.28. The lowest BCUT2D eigenvalue weighted by molar-refractivity contribution is -0.0328. The lowest BCUT2D eigenvalue weighted by Gasteiger charge is -2.23. The number of thioether (sulfide) groups is 1. The Morgan fingerprint density at radius 1 is 1.18 bits per heavy atom. The van der Waals surface area contributed by atoms with Gasteiger partial charge in [-0.2, -0.15) is 13.2 Å². The molecule has 0 aromatic heterocycles. The van der Waals surface area contributed by atoms with Crippen molar-refractivity contribution in [2.24, 2.45) is 5.92 Å². The first kappa shape index (κ1) is 12.5. The maximum atomic E-state index is 12.1. The Kier molecular flexibility index (Phi) is 3.47. The molecular formula is C12H11F3OS. The molecule has 1 aliphatic carbocycles. The van der Waals surface area contributed by atoms with E-state index in [1.807, 2.05) is 0 Å². The quantitative estimate of drug-likeness (QED) is 0.596. The molecule has 0 heterocycles. The monoisotopic (exact) mass is 260 g/mol. The van der Waals surface area contributed by atoms with Crippen LogP contribution in [-0.4, -0.2) is 11.3 Å². The van der Waals surface area contributed by atoms with E-state index in [0.717, 1.165) is 19.3 Å². The third-order valence-corrected chi connectivity index (χ3v) is 3.59. The molecule has 1 aliphatic rings. The Balaban J connectivity index is 2.04. The highest BCUT2D eigenvalue weighted by Crippen LogP contribution is 2.37. The van der Waals surface area contributed by atoms with Crippen molar-refractivity contribution in [2.75, 3.05) is 0 Å². The summed E-state index contributed by atoms with van der Waals surface area (Å²) in [5.41, 5.74) is -3.76. The lowest BCUT2D eigenvalue weighted by atomic mass is 9.80. The van der Waals surface area contributed by atoms with Gasteiger partial charge >= 0.3 is 5.51 Å². The van der Waals surface area contributed by atoms with E-state index in [-0.39, 0.29) is 28.4 Å². The summed E-state index contributed by atoms with van der Waals surface area (Å²) in [6, 6.07) is 5.66. The van der Waals surface area contributed by atoms with Gasteiger partial charge in [0.15, 0.2) is 5.78 Å². The van der Waals surface area contributed by atoms with Gasteiger partial charge in [0.2, 0.25) is 0 Å². The van der Waals surface area contributed by atoms with Gasteiger partial charge in [0, 0.05) is 16.4 Å². The van der Waals surface area contributed by atoms with Gasteiger partial charge in [-0.05, 0) is 36.7 Å². The summed E-state index contributed by atoms with van der Waals surface area (Å²) < 4.78 is 36.3. The number of benzene rings is 1. The minimum absolute atomic E-state index is 0.0554. The van der Waals surface area contributed by atoms with Crippen LogP contribution in [-0.2, 0) is 0 Å². The number of Topliss-reactive ketones (excluding diaryl/α,β-unsaturated/α-hetero) is 1. The average Bonchev–Trinajstić information content (AvgIpc) is 2.13. The van der Waals surface area contributed by atoms with E-state index in [4.69, 9.17) is 0 Å². The zero-order valence-electron chi connectivity index (χ0n) is 8.96. The van der Waals surface area contributed by atoms with Crippen molar-refractivity contribution in [2.45, 2.75) is 29.7 Å². The van der Waals surface area contributed by atoms with Gasteiger partial charge in [0.05, 0.1) is 0 Å². The highest BCUT2D eigenvalue weighted by molar-refractivity contribution is 8.00. The van der Waals surface area contributed by atoms with Crippen LogP contribution in [0.3, 0.4) is 0 Å². The SMILES string of the molecule is O=C(c1ccc(SC(F)(F)F)cc1)C1CCC1. The molecule has 0 radical (unpaired) electrons. The Hall–Kier alpha value is -0.970. The highest BCUT2D eigenvalue weighted by Gasteiger charge is 2.30. The lowest BCUT2D eigenvalue weighted by Crippen LogP contribution is -2.21. The van der Waals surface area contributed by atoms with E-state index >= 15 is 0 Å². The Labute approximate surface area is 101 Å². The summed E-state index contributed by atoms with van der Waals surface area (Å²) >= 11 is -0.162. The Bertz CT molecular complexity index is 407. The highest BCUT2D eigenvalue weighted by atomic mass is 32.2. The molecule has 0 atom stereocenters. The standard InChI is InChI=1S/C12H11F3OS/c13-12(14,15)17-10-6-4-9(5-7-10)11(16)8-2-1-3-8/h4-8H,1-3H2. The fourth-order valence-electron chi connectivity index (χ4n) is 1.73. The normalized spacial score (nSPS) is 16.6. The fourth-order valence-corrected chi connectivity index (χ4v) is 2.27. The second kappa shape index (κ2) is 4.72. The second-order valence-electron chi connectivity index (χ2n) is 4.06. The summed E-state index contributed by atoms with van der Waals surface area (Å²) in [5.74, 6) is 0.135. The zero-order chi connectivity index (χ0) is 12.5. The molecule has 17 heavy (non-hydrogen) atoms. The Morgan fingerprint density at radius 2 is 1.76 bits per heavy atom. The molecule has 1 aromatic carbocycles. The molecular weight excluding hydrogens is 249 g/mol. The van der Waals surface area contributed by atoms with Crippen molar-refractivity contribution in [3.8, 4) is 0 Å². The van der Waals surface area contributed by atoms with Crippen LogP contribution in [0.15, 0.2) is 29.2 Å². The van der Waals surface area contributed by atoms with Crippen LogP contribution < -0.4 is 0 Å². The maximum Gasteiger partial charge on any atom is 0.446 e. The number of hydrogen-bond donors (Lipinski definition) is 0. The van der Waals surface area contributed by atoms with Gasteiger partial charge in [0.25, 0.3) is 0 Å². The van der Waals surface area contributed by atoms with Crippen LogP contribution >= 0.6 is 11.8 Å². The topological polar surface area (TPSA) is 17.1 Å². The first-order valence-electron chi connectivity index (χ1n) is 5.36. The fraction of sp³-hybridized carbons (Fsp3) is 0.417. The van der Waals surface area contributed by atoms with E-state index in [2.05, 4.69) is 0 Å². The van der Waals surface area contributed by atoms with E-state index < -0.39 is 5.51 Å². The number of hydrogen-bond acceptors (Lipinski definition) is 2. The van der Waals surface area contributed by atoms with Crippen molar-refractivity contribution in [3.63, 3.8) is 0 Å². The van der Waals surface area contributed by atoms with Gasteiger partial charge in [-0.15, -0.1) is 0 Å². The Morgan fingerprint density at radius 3 is 2.18 bits per heavy atom. The van der Waals surface area contributed by atoms with Crippen LogP contribution in [0, 0.1) is 5.92 Å². The van der Waals surface area contributed by atoms with E-state index in [0.29, 0.717) is 5.56 Å². The van der Waals surface area contributed by atoms with Crippen molar-refractivity contribution in [1.82, 2.24) is 0 Å². The van der Waals surface area contributed by atoms with Gasteiger partial charge in [-0.25, -0.2) is 0 Å². The summed E-state index contributed by atoms with van der Waals surface area (Å²) in [7, 11) is 0. The van der Waals surface area contributed by atoms with Crippen molar-refractivity contribution < 1.29 is 18.0 Å². The van der Waals surface area contributed by atoms with Crippen molar-refractivity contribution in [1.29, 1.82) is 0 Å². The summed E-state index contributed by atoms with van der Waals surface area (Å²) in [4.78, 5) is 11.9. The number of rotatable bonds is 3. The number of ketones is 1. The first-order valence-corrected chi connectivity index (χ1v) is 6.17. The van der Waals surface area contributed by atoms with E-state index in [9.17, 15) is 18.0 Å². The predicted octanol–water partition coefficient (Wildman–Crippen LogP) is 4.28. The first-order chi connectivity index (χ1) is 7.96. The third kappa shape index (κ3) is 3.25. The number of alkyl halides is 3. The van der Waals surface area contributed by atoms with Crippen LogP contribution in [0.25, 0.3) is 0 Å². The third-order valence-electron chi connectivity index (χ3n) is 2.85. The molecule has 0 aliphatic heterocycles. The number of carbonyl (C=O) groups excluding carboxylic acids is 1. The molecule has 1 aromatic rings. The zero-order valence-corrected chi connectivity index (χ0v) is 9.77. The second-order valence-corrected chi connectivity index (χ2v) is 5.20. The summed E-state index contributed by atoms with van der Waals surface area (Å²) in [6.07, 6.45) is 2.87. The average molecular weight is 260 g/mol. The molecule has 5 heteroatoms. The smallest absolute Gasteiger partial charge is 0.294 e. The molecule has 0 saturated heterocycles. The van der Waals surface area contributed by atoms with Crippen LogP contribution in [0.4, 0.5) is 13.2 Å². The van der Waals surface area contributed by atoms with Gasteiger partial charge in [0.1, 0.15) is 0 Å². The predicted molar refractivity (Wildman–Crippen MR) is 60.0 cm³/mol. The molecule has 0 unspecified atom stereocenters. The minimum Gasteiger partial charge on any atom is -0.294 e.